The summed E-state index contributed by atoms with van der Waals surface area (Å²) in [6.45, 7) is 4.39. The van der Waals surface area contributed by atoms with E-state index in [0.717, 1.165) is 5.56 Å². The number of methoxy groups -OCH3 is 1. The molecule has 0 spiro atoms. The number of amides is 1. The lowest BCUT2D eigenvalue weighted by Gasteiger charge is -2.34. The average Bonchev–Trinajstić information content (AvgIpc) is 2.90. The van der Waals surface area contributed by atoms with E-state index >= 15 is 0 Å². The summed E-state index contributed by atoms with van der Waals surface area (Å²) in [4.78, 5) is 27.4. The van der Waals surface area contributed by atoms with E-state index in [1.807, 2.05) is 18.2 Å². The van der Waals surface area contributed by atoms with Crippen LogP contribution in [0.3, 0.4) is 0 Å². The van der Waals surface area contributed by atoms with Crippen molar-refractivity contribution in [2.24, 2.45) is 0 Å². The minimum atomic E-state index is -3.50. The fourth-order valence-electron chi connectivity index (χ4n) is 4.24. The molecule has 0 aromatic heterocycles. The Morgan fingerprint density at radius 3 is 2.31 bits per heavy atom. The smallest absolute Gasteiger partial charge is 0.338 e. The van der Waals surface area contributed by atoms with Crippen molar-refractivity contribution in [3.05, 3.63) is 95.1 Å². The Labute approximate surface area is 211 Å². The van der Waals surface area contributed by atoms with Crippen LogP contribution in [0.15, 0.2) is 77.7 Å². The number of anilines is 1. The van der Waals surface area contributed by atoms with Crippen LogP contribution < -0.4 is 5.32 Å². The van der Waals surface area contributed by atoms with E-state index in [0.29, 0.717) is 60.0 Å². The van der Waals surface area contributed by atoms with Crippen LogP contribution in [0.25, 0.3) is 0 Å². The van der Waals surface area contributed by atoms with Gasteiger partial charge in [0.1, 0.15) is 0 Å². The summed E-state index contributed by atoms with van der Waals surface area (Å²) in [5, 5.41) is 2.88. The number of hydrogen-bond acceptors (Lipinski definition) is 6. The van der Waals surface area contributed by atoms with Crippen molar-refractivity contribution in [2.75, 3.05) is 38.6 Å². The first-order valence-corrected chi connectivity index (χ1v) is 13.1. The van der Waals surface area contributed by atoms with Crippen LogP contribution in [0.2, 0.25) is 0 Å². The molecule has 0 radical (unpaired) electrons. The molecule has 36 heavy (non-hydrogen) atoms. The molecule has 1 heterocycles. The maximum absolute atomic E-state index is 12.9. The number of rotatable bonds is 7. The second-order valence-electron chi connectivity index (χ2n) is 8.62. The molecule has 8 nitrogen and oxygen atoms in total. The Morgan fingerprint density at radius 1 is 0.917 bits per heavy atom. The Hall–Kier alpha value is -3.53. The minimum Gasteiger partial charge on any atom is -0.465 e. The van der Waals surface area contributed by atoms with Gasteiger partial charge in [-0.1, -0.05) is 36.4 Å². The first kappa shape index (κ1) is 25.6. The van der Waals surface area contributed by atoms with Crippen LogP contribution >= 0.6 is 0 Å². The quantitative estimate of drug-likeness (QED) is 0.492. The number of piperazine rings is 1. The van der Waals surface area contributed by atoms with E-state index in [-0.39, 0.29) is 5.91 Å². The number of nitrogens with one attached hydrogen (secondary N) is 1. The van der Waals surface area contributed by atoms with Crippen molar-refractivity contribution in [2.45, 2.75) is 18.4 Å². The van der Waals surface area contributed by atoms with E-state index in [2.05, 4.69) is 10.2 Å². The van der Waals surface area contributed by atoms with Gasteiger partial charge in [0.05, 0.1) is 17.6 Å². The fraction of sp³-hybridized carbons (Fsp3) is 0.259. The Bertz CT molecular complexity index is 1350. The number of ether oxygens (including phenoxy) is 1. The molecule has 0 saturated carbocycles. The number of carbonyl (C=O) groups excluding carboxylic acids is 2. The molecular weight excluding hydrogens is 478 g/mol. The zero-order chi connectivity index (χ0) is 25.7. The Kier molecular flexibility index (Phi) is 7.83. The summed E-state index contributed by atoms with van der Waals surface area (Å²) in [5.74, 6) is -0.733. The van der Waals surface area contributed by atoms with E-state index in [1.54, 1.807) is 61.5 Å². The molecule has 0 aliphatic carbocycles. The minimum absolute atomic E-state index is 0.277. The van der Waals surface area contributed by atoms with Gasteiger partial charge in [-0.15, -0.1) is 0 Å². The molecule has 0 atom stereocenters. The molecule has 3 aromatic rings. The van der Waals surface area contributed by atoms with Gasteiger partial charge >= 0.3 is 5.97 Å². The van der Waals surface area contributed by atoms with Crippen LogP contribution in [-0.4, -0.2) is 62.8 Å². The van der Waals surface area contributed by atoms with Crippen molar-refractivity contribution in [1.29, 1.82) is 0 Å². The van der Waals surface area contributed by atoms with Crippen molar-refractivity contribution in [3.63, 3.8) is 0 Å². The van der Waals surface area contributed by atoms with Crippen LogP contribution in [0.5, 0.6) is 0 Å². The molecule has 1 saturated heterocycles. The third kappa shape index (κ3) is 5.64. The topological polar surface area (TPSA) is 96.0 Å². The van der Waals surface area contributed by atoms with Crippen LogP contribution in [-0.2, 0) is 21.3 Å². The summed E-state index contributed by atoms with van der Waals surface area (Å²) in [5.41, 5.74) is 3.04. The van der Waals surface area contributed by atoms with Gasteiger partial charge in [-0.25, -0.2) is 13.2 Å². The first-order chi connectivity index (χ1) is 17.3. The summed E-state index contributed by atoms with van der Waals surface area (Å²) in [6.07, 6.45) is 0. The molecule has 0 bridgehead atoms. The number of benzene rings is 3. The van der Waals surface area contributed by atoms with Crippen molar-refractivity contribution >= 4 is 27.6 Å². The lowest BCUT2D eigenvalue weighted by atomic mass is 10.1. The predicted molar refractivity (Wildman–Crippen MR) is 137 cm³/mol. The summed E-state index contributed by atoms with van der Waals surface area (Å²) in [6, 6.07) is 20.9. The molecule has 0 unspecified atom stereocenters. The van der Waals surface area contributed by atoms with Crippen molar-refractivity contribution < 1.29 is 22.7 Å². The zero-order valence-electron chi connectivity index (χ0n) is 20.3. The standard InChI is InChI=1S/C27H29N3O5S/c1-20-24(27(32)35-2)12-7-13-25(20)28-26(31)22-9-6-8-21(18-22)19-29-14-16-30(17-15-29)36(33,34)23-10-4-3-5-11-23/h3-13,18H,14-17,19H2,1-2H3,(H,28,31). The van der Waals surface area contributed by atoms with Gasteiger partial charge in [0.15, 0.2) is 0 Å². The van der Waals surface area contributed by atoms with Gasteiger partial charge in [0.25, 0.3) is 5.91 Å². The summed E-state index contributed by atoms with van der Waals surface area (Å²) in [7, 11) is -2.18. The molecule has 1 aliphatic heterocycles. The SMILES string of the molecule is COC(=O)c1cccc(NC(=O)c2cccc(CN3CCN(S(=O)(=O)c4ccccc4)CC3)c2)c1C. The first-order valence-electron chi connectivity index (χ1n) is 11.7. The van der Waals surface area contributed by atoms with Gasteiger partial charge < -0.3 is 10.1 Å². The highest BCUT2D eigenvalue weighted by atomic mass is 32.2. The maximum atomic E-state index is 12.9. The maximum Gasteiger partial charge on any atom is 0.338 e. The van der Waals surface area contributed by atoms with E-state index < -0.39 is 16.0 Å². The number of nitrogens with zero attached hydrogens (tertiary/aromatic N) is 2. The second-order valence-corrected chi connectivity index (χ2v) is 10.6. The number of sulfonamides is 1. The van der Waals surface area contributed by atoms with E-state index in [9.17, 15) is 18.0 Å². The normalized spacial score (nSPS) is 14.8. The fourth-order valence-corrected chi connectivity index (χ4v) is 5.68. The third-order valence-corrected chi connectivity index (χ3v) is 8.21. The van der Waals surface area contributed by atoms with Gasteiger partial charge in [-0.3, -0.25) is 9.69 Å². The third-order valence-electron chi connectivity index (χ3n) is 6.29. The van der Waals surface area contributed by atoms with E-state index in [4.69, 9.17) is 4.74 Å². The molecule has 1 aliphatic rings. The molecule has 4 rings (SSSR count). The Morgan fingerprint density at radius 2 is 1.61 bits per heavy atom. The van der Waals surface area contributed by atoms with E-state index in [1.165, 1.54) is 11.4 Å². The van der Waals surface area contributed by atoms with Gasteiger partial charge in [-0.05, 0) is 54.4 Å². The van der Waals surface area contributed by atoms with Crippen LogP contribution in [0.1, 0.15) is 31.8 Å². The van der Waals surface area contributed by atoms with Crippen LogP contribution in [0.4, 0.5) is 5.69 Å². The summed E-state index contributed by atoms with van der Waals surface area (Å²) >= 11 is 0. The van der Waals surface area contributed by atoms with Gasteiger partial charge in [0, 0.05) is 44.0 Å². The molecular formula is C27H29N3O5S. The lowest BCUT2D eigenvalue weighted by Crippen LogP contribution is -2.48. The monoisotopic (exact) mass is 507 g/mol. The number of hydrogen-bond donors (Lipinski definition) is 1. The molecule has 1 fully saturated rings. The number of esters is 1. The van der Waals surface area contributed by atoms with Crippen LogP contribution in [0, 0.1) is 6.92 Å². The highest BCUT2D eigenvalue weighted by Gasteiger charge is 2.28. The molecule has 3 aromatic carbocycles. The van der Waals surface area contributed by atoms with Crippen molar-refractivity contribution in [3.8, 4) is 0 Å². The van der Waals surface area contributed by atoms with Gasteiger partial charge in [-0.2, -0.15) is 4.31 Å². The van der Waals surface area contributed by atoms with Gasteiger partial charge in [0.2, 0.25) is 10.0 Å². The summed E-state index contributed by atoms with van der Waals surface area (Å²) < 4.78 is 32.0. The second kappa shape index (κ2) is 11.0. The number of carbonyl (C=O) groups is 2. The largest absolute Gasteiger partial charge is 0.465 e. The highest BCUT2D eigenvalue weighted by Crippen LogP contribution is 2.22. The Balaban J connectivity index is 1.38. The molecule has 1 N–H and O–H groups in total. The molecule has 188 valence electrons. The molecule has 1 amide bonds. The zero-order valence-corrected chi connectivity index (χ0v) is 21.1. The van der Waals surface area contributed by atoms with Crippen molar-refractivity contribution in [1.82, 2.24) is 9.21 Å². The highest BCUT2D eigenvalue weighted by molar-refractivity contribution is 7.89. The lowest BCUT2D eigenvalue weighted by molar-refractivity contribution is 0.0599. The average molecular weight is 508 g/mol. The predicted octanol–water partition coefficient (Wildman–Crippen LogP) is 3.54. The molecule has 9 heteroatoms.